The van der Waals surface area contributed by atoms with Crippen molar-refractivity contribution in [3.05, 3.63) is 29.8 Å². The highest BCUT2D eigenvalue weighted by Gasteiger charge is 2.16. The largest absolute Gasteiger partial charge is 0.508 e. The molecule has 0 radical (unpaired) electrons. The minimum atomic E-state index is -0.894. The van der Waals surface area contributed by atoms with E-state index < -0.39 is 12.0 Å². The highest BCUT2D eigenvalue weighted by molar-refractivity contribution is 5.73. The standard InChI is InChI=1S/C12H17NO4/c1-17-7-6-13-11(12(15)16)8-9-2-4-10(14)5-3-9/h2-5,11,13-14H,6-8H2,1H3,(H,15,16). The SMILES string of the molecule is COCCNC(Cc1ccc(O)cc1)C(=O)O. The van der Waals surface area contributed by atoms with Crippen LogP contribution in [0.4, 0.5) is 0 Å². The molecular weight excluding hydrogens is 222 g/mol. The second-order valence-electron chi connectivity index (χ2n) is 3.71. The normalized spacial score (nSPS) is 12.3. The van der Waals surface area contributed by atoms with Crippen LogP contribution in [0.2, 0.25) is 0 Å². The monoisotopic (exact) mass is 239 g/mol. The number of aromatic hydroxyl groups is 1. The number of carboxylic acid groups (broad SMARTS) is 1. The van der Waals surface area contributed by atoms with E-state index in [9.17, 15) is 4.79 Å². The summed E-state index contributed by atoms with van der Waals surface area (Å²) in [7, 11) is 1.57. The van der Waals surface area contributed by atoms with Crippen LogP contribution in [-0.2, 0) is 16.0 Å². The van der Waals surface area contributed by atoms with Gasteiger partial charge in [0.1, 0.15) is 11.8 Å². The first-order chi connectivity index (χ1) is 8.13. The Morgan fingerprint density at radius 2 is 2.06 bits per heavy atom. The van der Waals surface area contributed by atoms with E-state index in [1.165, 1.54) is 0 Å². The van der Waals surface area contributed by atoms with Gasteiger partial charge in [0.05, 0.1) is 6.61 Å². The van der Waals surface area contributed by atoms with Crippen LogP contribution in [0.5, 0.6) is 5.75 Å². The van der Waals surface area contributed by atoms with Crippen LogP contribution >= 0.6 is 0 Å². The lowest BCUT2D eigenvalue weighted by molar-refractivity contribution is -0.139. The quantitative estimate of drug-likeness (QED) is 0.608. The zero-order valence-corrected chi connectivity index (χ0v) is 9.72. The summed E-state index contributed by atoms with van der Waals surface area (Å²) in [5, 5.41) is 21.1. The van der Waals surface area contributed by atoms with Crippen LogP contribution < -0.4 is 5.32 Å². The van der Waals surface area contributed by atoms with Crippen LogP contribution in [0.15, 0.2) is 24.3 Å². The predicted octanol–water partition coefficient (Wildman–Crippen LogP) is 0.624. The second kappa shape index (κ2) is 6.88. The van der Waals surface area contributed by atoms with Crippen molar-refractivity contribution < 1.29 is 19.7 Å². The minimum absolute atomic E-state index is 0.174. The lowest BCUT2D eigenvalue weighted by Gasteiger charge is -2.14. The molecule has 0 aliphatic heterocycles. The van der Waals surface area contributed by atoms with Crippen molar-refractivity contribution >= 4 is 5.97 Å². The smallest absolute Gasteiger partial charge is 0.321 e. The molecule has 1 unspecified atom stereocenters. The number of aliphatic carboxylic acids is 1. The van der Waals surface area contributed by atoms with Crippen molar-refractivity contribution in [2.75, 3.05) is 20.3 Å². The van der Waals surface area contributed by atoms with Gasteiger partial charge in [-0.15, -0.1) is 0 Å². The summed E-state index contributed by atoms with van der Waals surface area (Å²) >= 11 is 0. The maximum Gasteiger partial charge on any atom is 0.321 e. The number of benzene rings is 1. The molecule has 0 spiro atoms. The van der Waals surface area contributed by atoms with Gasteiger partial charge in [0.15, 0.2) is 0 Å². The Morgan fingerprint density at radius 3 is 2.59 bits per heavy atom. The van der Waals surface area contributed by atoms with Gasteiger partial charge in [0, 0.05) is 13.7 Å². The fourth-order valence-electron chi connectivity index (χ4n) is 1.45. The molecule has 0 amide bonds. The molecule has 17 heavy (non-hydrogen) atoms. The van der Waals surface area contributed by atoms with E-state index in [1.54, 1.807) is 31.4 Å². The molecule has 0 saturated heterocycles. The first kappa shape index (κ1) is 13.5. The van der Waals surface area contributed by atoms with Crippen molar-refractivity contribution in [1.29, 1.82) is 0 Å². The Balaban J connectivity index is 2.54. The molecule has 0 saturated carbocycles. The molecule has 5 nitrogen and oxygen atoms in total. The summed E-state index contributed by atoms with van der Waals surface area (Å²) < 4.78 is 4.85. The number of phenols is 1. The van der Waals surface area contributed by atoms with Gasteiger partial charge in [-0.25, -0.2) is 0 Å². The fraction of sp³-hybridized carbons (Fsp3) is 0.417. The fourth-order valence-corrected chi connectivity index (χ4v) is 1.45. The van der Waals surface area contributed by atoms with E-state index in [-0.39, 0.29) is 5.75 Å². The second-order valence-corrected chi connectivity index (χ2v) is 3.71. The molecule has 0 heterocycles. The average molecular weight is 239 g/mol. The third-order valence-electron chi connectivity index (χ3n) is 2.37. The van der Waals surface area contributed by atoms with E-state index in [4.69, 9.17) is 14.9 Å². The molecule has 1 aromatic carbocycles. The van der Waals surface area contributed by atoms with E-state index in [1.807, 2.05) is 0 Å². The number of nitrogens with one attached hydrogen (secondary N) is 1. The molecule has 1 atom stereocenters. The Hall–Kier alpha value is -1.59. The molecule has 0 aromatic heterocycles. The van der Waals surface area contributed by atoms with Crippen LogP contribution in [0.25, 0.3) is 0 Å². The molecular formula is C12H17NO4. The molecule has 0 bridgehead atoms. The molecule has 0 fully saturated rings. The highest BCUT2D eigenvalue weighted by atomic mass is 16.5. The van der Waals surface area contributed by atoms with Gasteiger partial charge in [0.2, 0.25) is 0 Å². The topological polar surface area (TPSA) is 78.8 Å². The zero-order chi connectivity index (χ0) is 12.7. The first-order valence-corrected chi connectivity index (χ1v) is 5.36. The summed E-state index contributed by atoms with van der Waals surface area (Å²) in [6, 6.07) is 5.87. The Kier molecular flexibility index (Phi) is 5.45. The summed E-state index contributed by atoms with van der Waals surface area (Å²) in [5.41, 5.74) is 0.861. The Labute approximate surface area is 100 Å². The minimum Gasteiger partial charge on any atom is -0.508 e. The maximum atomic E-state index is 11.0. The molecule has 0 aliphatic carbocycles. The van der Waals surface area contributed by atoms with Crippen molar-refractivity contribution in [1.82, 2.24) is 5.32 Å². The number of carbonyl (C=O) groups is 1. The Bertz CT molecular complexity index is 350. The number of hydrogen-bond acceptors (Lipinski definition) is 4. The van der Waals surface area contributed by atoms with Crippen molar-refractivity contribution in [2.24, 2.45) is 0 Å². The van der Waals surface area contributed by atoms with Crippen LogP contribution in [0.3, 0.4) is 0 Å². The third-order valence-corrected chi connectivity index (χ3v) is 2.37. The number of rotatable bonds is 7. The van der Waals surface area contributed by atoms with Crippen LogP contribution in [0, 0.1) is 0 Å². The Morgan fingerprint density at radius 1 is 1.41 bits per heavy atom. The first-order valence-electron chi connectivity index (χ1n) is 5.36. The van der Waals surface area contributed by atoms with Gasteiger partial charge < -0.3 is 20.3 Å². The number of carboxylic acids is 1. The number of hydrogen-bond donors (Lipinski definition) is 3. The van der Waals surface area contributed by atoms with Crippen molar-refractivity contribution in [2.45, 2.75) is 12.5 Å². The molecule has 5 heteroatoms. The third kappa shape index (κ3) is 4.84. The van der Waals surface area contributed by atoms with E-state index >= 15 is 0 Å². The van der Waals surface area contributed by atoms with Crippen LogP contribution in [0.1, 0.15) is 5.56 Å². The van der Waals surface area contributed by atoms with E-state index in [2.05, 4.69) is 5.32 Å². The van der Waals surface area contributed by atoms with Crippen LogP contribution in [-0.4, -0.2) is 42.5 Å². The predicted molar refractivity (Wildman–Crippen MR) is 63.1 cm³/mol. The summed E-state index contributed by atoms with van der Waals surface area (Å²) in [6.07, 6.45) is 0.374. The van der Waals surface area contributed by atoms with E-state index in [0.29, 0.717) is 19.6 Å². The van der Waals surface area contributed by atoms with Gasteiger partial charge in [-0.3, -0.25) is 4.79 Å². The van der Waals surface area contributed by atoms with Gasteiger partial charge in [-0.2, -0.15) is 0 Å². The molecule has 3 N–H and O–H groups in total. The van der Waals surface area contributed by atoms with Gasteiger partial charge in [-0.05, 0) is 24.1 Å². The molecule has 94 valence electrons. The number of phenolic OH excluding ortho intramolecular Hbond substituents is 1. The van der Waals surface area contributed by atoms with Gasteiger partial charge >= 0.3 is 5.97 Å². The maximum absolute atomic E-state index is 11.0. The van der Waals surface area contributed by atoms with Gasteiger partial charge in [-0.1, -0.05) is 12.1 Å². The van der Waals surface area contributed by atoms with Crippen molar-refractivity contribution in [3.8, 4) is 5.75 Å². The van der Waals surface area contributed by atoms with Gasteiger partial charge in [0.25, 0.3) is 0 Å². The molecule has 1 aromatic rings. The number of ether oxygens (including phenoxy) is 1. The average Bonchev–Trinajstić information content (AvgIpc) is 2.30. The summed E-state index contributed by atoms with van der Waals surface area (Å²) in [6.45, 7) is 0.963. The highest BCUT2D eigenvalue weighted by Crippen LogP contribution is 2.11. The summed E-state index contributed by atoms with van der Waals surface area (Å²) in [5.74, 6) is -0.720. The zero-order valence-electron chi connectivity index (χ0n) is 9.72. The molecule has 0 aliphatic rings. The lowest BCUT2D eigenvalue weighted by Crippen LogP contribution is -2.40. The molecule has 1 rings (SSSR count). The van der Waals surface area contributed by atoms with Crippen molar-refractivity contribution in [3.63, 3.8) is 0 Å². The summed E-state index contributed by atoms with van der Waals surface area (Å²) in [4.78, 5) is 11.0. The van der Waals surface area contributed by atoms with E-state index in [0.717, 1.165) is 5.56 Å². The number of methoxy groups -OCH3 is 1. The lowest BCUT2D eigenvalue weighted by atomic mass is 10.1.